The summed E-state index contributed by atoms with van der Waals surface area (Å²) >= 11 is 0. The van der Waals surface area contributed by atoms with Gasteiger partial charge in [0.1, 0.15) is 6.04 Å². The molecule has 156 valence electrons. The maximum atomic E-state index is 12.0. The molecule has 0 fully saturated rings. The summed E-state index contributed by atoms with van der Waals surface area (Å²) in [6, 6.07) is -1.28. The van der Waals surface area contributed by atoms with Crippen molar-refractivity contribution in [3.8, 4) is 0 Å². The van der Waals surface area contributed by atoms with E-state index in [-0.39, 0.29) is 17.0 Å². The molecule has 28 heavy (non-hydrogen) atoms. The molecule has 0 aliphatic heterocycles. The first-order valence-corrected chi connectivity index (χ1v) is 8.88. The van der Waals surface area contributed by atoms with Gasteiger partial charge in [-0.15, -0.1) is 5.73 Å². The predicted molar refractivity (Wildman–Crippen MR) is 105 cm³/mol. The minimum Gasteiger partial charge on any atom is -0.744 e. The Kier molecular flexibility index (Phi) is 14.4. The van der Waals surface area contributed by atoms with E-state index in [2.05, 4.69) is 41.4 Å². The second-order valence-electron chi connectivity index (χ2n) is 4.85. The van der Waals surface area contributed by atoms with Gasteiger partial charge >= 0.3 is 5.96 Å². The molecule has 1 atom stereocenters. The maximum absolute atomic E-state index is 12.0. The van der Waals surface area contributed by atoms with Crippen molar-refractivity contribution in [3.63, 3.8) is 0 Å². The van der Waals surface area contributed by atoms with E-state index in [0.717, 1.165) is 0 Å². The molecule has 0 aliphatic rings. The molecule has 0 bridgehead atoms. The van der Waals surface area contributed by atoms with Crippen LogP contribution in [0.15, 0.2) is 43.3 Å². The molecule has 0 rings (SSSR count). The van der Waals surface area contributed by atoms with Crippen LogP contribution < -0.4 is 27.4 Å². The van der Waals surface area contributed by atoms with Crippen molar-refractivity contribution in [2.75, 3.05) is 12.8 Å². The Bertz CT molecular complexity index is 666. The van der Waals surface area contributed by atoms with Crippen LogP contribution in [0.3, 0.4) is 0 Å². The Hall–Kier alpha value is -3.17. The standard InChI is InChI=1S/C12H21N6O6P.C3H4/c1-7(16-8(2)19)10(20)17-9(11(21)15-6-25(23)24)4-3-5-18(22)12(13)14;1-3-2/h3-4,9,23-24H,1,5-6,13-14H2,2H3,(H,15,21)(H,16,19)(H,17,20);1-2H2/b4-3+;. The molecule has 0 aromatic carbocycles. The third-order valence-electron chi connectivity index (χ3n) is 2.45. The molecule has 0 aromatic heterocycles. The summed E-state index contributed by atoms with van der Waals surface area (Å²) in [5, 5.41) is 17.8. The molecule has 0 saturated heterocycles. The fraction of sp³-hybridized carbons (Fsp3) is 0.267. The van der Waals surface area contributed by atoms with Gasteiger partial charge in [-0.25, -0.2) is 0 Å². The van der Waals surface area contributed by atoms with Crippen LogP contribution in [0.25, 0.3) is 0 Å². The number of hydrogen-bond acceptors (Lipinski definition) is 6. The Morgan fingerprint density at radius 3 is 2.29 bits per heavy atom. The fourth-order valence-electron chi connectivity index (χ4n) is 1.36. The van der Waals surface area contributed by atoms with Gasteiger partial charge in [-0.3, -0.25) is 30.6 Å². The van der Waals surface area contributed by atoms with E-state index in [0.29, 0.717) is 0 Å². The summed E-state index contributed by atoms with van der Waals surface area (Å²) in [6.07, 6.45) is 1.97. The summed E-state index contributed by atoms with van der Waals surface area (Å²) in [5.41, 5.74) is 12.1. The third kappa shape index (κ3) is 14.0. The topological polar surface area (TPSA) is 206 Å². The van der Waals surface area contributed by atoms with E-state index < -0.39 is 44.4 Å². The zero-order valence-corrected chi connectivity index (χ0v) is 16.2. The highest BCUT2D eigenvalue weighted by Crippen LogP contribution is 2.19. The molecule has 0 saturated carbocycles. The molecule has 0 aliphatic carbocycles. The van der Waals surface area contributed by atoms with Gasteiger partial charge in [-0.2, -0.15) is 0 Å². The van der Waals surface area contributed by atoms with E-state index in [1.165, 1.54) is 19.1 Å². The molecule has 0 aromatic rings. The molecular formula is C15H25N6O6P. The molecule has 1 unspecified atom stereocenters. The lowest BCUT2D eigenvalue weighted by molar-refractivity contribution is -0.447. The van der Waals surface area contributed by atoms with Crippen LogP contribution in [0, 0.1) is 5.21 Å². The molecule has 0 heterocycles. The minimum atomic E-state index is -2.37. The SMILES string of the molecule is C=C(NC(C)=O)C(=O)NC(/C=C/C[N+]([O-])=C(N)N)C(=O)NCP(O)O.C=C=C. The maximum Gasteiger partial charge on any atom is 0.341 e. The van der Waals surface area contributed by atoms with Crippen LogP contribution in [0.5, 0.6) is 0 Å². The Balaban J connectivity index is 0. The molecule has 0 spiro atoms. The van der Waals surface area contributed by atoms with Crippen LogP contribution in [0.1, 0.15) is 6.92 Å². The van der Waals surface area contributed by atoms with Crippen molar-refractivity contribution in [1.29, 1.82) is 0 Å². The number of nitrogens with zero attached hydrogens (tertiary/aromatic N) is 1. The first kappa shape index (κ1) is 27.1. The largest absolute Gasteiger partial charge is 0.744 e. The number of guanidine groups is 1. The summed E-state index contributed by atoms with van der Waals surface area (Å²) in [4.78, 5) is 52.4. The summed E-state index contributed by atoms with van der Waals surface area (Å²) in [7, 11) is -2.37. The number of nitrogens with one attached hydrogen (secondary N) is 3. The number of nitrogens with two attached hydrogens (primary N) is 2. The number of carbonyl (C=O) groups excluding carboxylic acids is 3. The molecule has 9 N–H and O–H groups in total. The lowest BCUT2D eigenvalue weighted by Gasteiger charge is -2.17. The van der Waals surface area contributed by atoms with Crippen molar-refractivity contribution in [2.45, 2.75) is 13.0 Å². The van der Waals surface area contributed by atoms with Crippen LogP contribution in [-0.2, 0) is 14.4 Å². The van der Waals surface area contributed by atoms with Gasteiger partial charge in [-0.05, 0) is 0 Å². The van der Waals surface area contributed by atoms with E-state index >= 15 is 0 Å². The number of rotatable bonds is 9. The normalized spacial score (nSPS) is 10.7. The third-order valence-corrected chi connectivity index (χ3v) is 2.89. The van der Waals surface area contributed by atoms with Crippen molar-refractivity contribution < 1.29 is 28.9 Å². The van der Waals surface area contributed by atoms with Crippen molar-refractivity contribution in [3.05, 3.63) is 48.5 Å². The fourth-order valence-corrected chi connectivity index (χ4v) is 1.65. The number of carbonyl (C=O) groups is 3. The number of hydrogen-bond donors (Lipinski definition) is 7. The summed E-state index contributed by atoms with van der Waals surface area (Å²) < 4.78 is 0.240. The highest BCUT2D eigenvalue weighted by molar-refractivity contribution is 7.45. The smallest absolute Gasteiger partial charge is 0.341 e. The molecule has 13 heteroatoms. The highest BCUT2D eigenvalue weighted by Gasteiger charge is 2.20. The van der Waals surface area contributed by atoms with Gasteiger partial charge in [0.25, 0.3) is 5.91 Å². The van der Waals surface area contributed by atoms with Gasteiger partial charge in [-0.1, -0.05) is 31.9 Å². The minimum absolute atomic E-state index is 0.240. The van der Waals surface area contributed by atoms with Crippen molar-refractivity contribution in [1.82, 2.24) is 16.0 Å². The molecule has 12 nitrogen and oxygen atoms in total. The van der Waals surface area contributed by atoms with E-state index in [1.807, 2.05) is 0 Å². The Morgan fingerprint density at radius 1 is 1.32 bits per heavy atom. The first-order chi connectivity index (χ1) is 13.0. The van der Waals surface area contributed by atoms with Crippen molar-refractivity contribution in [2.24, 2.45) is 11.5 Å². The van der Waals surface area contributed by atoms with Gasteiger partial charge in [0, 0.05) is 6.92 Å². The average molecular weight is 416 g/mol. The summed E-state index contributed by atoms with van der Waals surface area (Å²) in [5.74, 6) is -2.64. The van der Waals surface area contributed by atoms with Crippen LogP contribution in [0.4, 0.5) is 0 Å². The van der Waals surface area contributed by atoms with E-state index in [9.17, 15) is 19.6 Å². The monoisotopic (exact) mass is 416 g/mol. The van der Waals surface area contributed by atoms with Crippen LogP contribution in [-0.4, -0.2) is 57.1 Å². The number of hydroxylamine groups is 1. The predicted octanol–water partition coefficient (Wildman–Crippen LogP) is -2.21. The second kappa shape index (κ2) is 14.9. The highest BCUT2D eigenvalue weighted by atomic mass is 31.2. The van der Waals surface area contributed by atoms with Gasteiger partial charge in [0.05, 0.1) is 18.5 Å². The lowest BCUT2D eigenvalue weighted by atomic mass is 10.2. The van der Waals surface area contributed by atoms with Gasteiger partial charge < -0.3 is 30.9 Å². The molecule has 3 amide bonds. The zero-order chi connectivity index (χ0) is 22.3. The van der Waals surface area contributed by atoms with Gasteiger partial charge in [0.15, 0.2) is 8.38 Å². The van der Waals surface area contributed by atoms with Crippen molar-refractivity contribution >= 4 is 32.1 Å². The zero-order valence-electron chi connectivity index (χ0n) is 15.3. The van der Waals surface area contributed by atoms with Gasteiger partial charge in [0.2, 0.25) is 11.8 Å². The lowest BCUT2D eigenvalue weighted by Crippen LogP contribution is -2.47. The molecular weight excluding hydrogens is 391 g/mol. The average Bonchev–Trinajstić information content (AvgIpc) is 2.58. The van der Waals surface area contributed by atoms with Crippen LogP contribution >= 0.6 is 8.38 Å². The van der Waals surface area contributed by atoms with Crippen LogP contribution in [0.2, 0.25) is 0 Å². The first-order valence-electron chi connectivity index (χ1n) is 7.44. The van der Waals surface area contributed by atoms with E-state index in [4.69, 9.17) is 21.3 Å². The Morgan fingerprint density at radius 2 is 1.86 bits per heavy atom. The number of amides is 3. The Labute approximate surface area is 163 Å². The summed E-state index contributed by atoms with van der Waals surface area (Å²) in [6.45, 7) is 10.5. The quantitative estimate of drug-likeness (QED) is 0.0252. The molecule has 0 radical (unpaired) electrons. The second-order valence-corrected chi connectivity index (χ2v) is 5.91. The van der Waals surface area contributed by atoms with E-state index in [1.54, 1.807) is 0 Å².